The molecule has 1 unspecified atom stereocenters. The number of amides is 1. The van der Waals surface area contributed by atoms with E-state index >= 15 is 0 Å². The van der Waals surface area contributed by atoms with Gasteiger partial charge in [-0.15, -0.1) is 0 Å². The number of nitrogens with one attached hydrogen (secondary N) is 1. The summed E-state index contributed by atoms with van der Waals surface area (Å²) in [5.41, 5.74) is 2.13. The summed E-state index contributed by atoms with van der Waals surface area (Å²) in [5.74, 6) is 0.0251. The van der Waals surface area contributed by atoms with E-state index in [2.05, 4.69) is 10.2 Å². The van der Waals surface area contributed by atoms with Gasteiger partial charge >= 0.3 is 0 Å². The zero-order valence-corrected chi connectivity index (χ0v) is 8.28. The first-order chi connectivity index (χ1) is 6.72. The number of carbonyl (C=O) groups is 1. The van der Waals surface area contributed by atoms with Crippen LogP contribution in [-0.4, -0.2) is 34.2 Å². The summed E-state index contributed by atoms with van der Waals surface area (Å²) < 4.78 is 4.98. The summed E-state index contributed by atoms with van der Waals surface area (Å²) in [6, 6.07) is 0. The van der Waals surface area contributed by atoms with Gasteiger partial charge in [-0.1, -0.05) is 0 Å². The molecule has 1 aliphatic heterocycles. The lowest BCUT2D eigenvalue weighted by Gasteiger charge is -2.19. The summed E-state index contributed by atoms with van der Waals surface area (Å²) in [4.78, 5) is 13.5. The molecule has 1 atom stereocenters. The van der Waals surface area contributed by atoms with E-state index in [0.29, 0.717) is 13.1 Å². The molecule has 0 spiro atoms. The van der Waals surface area contributed by atoms with E-state index in [9.17, 15) is 4.79 Å². The molecule has 2 rings (SSSR count). The van der Waals surface area contributed by atoms with Gasteiger partial charge in [0.2, 0.25) is 0 Å². The summed E-state index contributed by atoms with van der Waals surface area (Å²) >= 11 is 0. The first-order valence-corrected chi connectivity index (χ1v) is 4.55. The highest BCUT2D eigenvalue weighted by Gasteiger charge is 2.27. The smallest absolute Gasteiger partial charge is 0.252 e. The van der Waals surface area contributed by atoms with Gasteiger partial charge in [-0.3, -0.25) is 9.89 Å². The predicted molar refractivity (Wildman–Crippen MR) is 49.3 cm³/mol. The molecular weight excluding hydrogens is 182 g/mol. The van der Waals surface area contributed by atoms with Gasteiger partial charge in [-0.25, -0.2) is 0 Å². The van der Waals surface area contributed by atoms with Crippen LogP contribution in [0.25, 0.3) is 0 Å². The molecule has 0 saturated carbocycles. The van der Waals surface area contributed by atoms with Crippen molar-refractivity contribution in [2.75, 3.05) is 7.11 Å². The summed E-state index contributed by atoms with van der Waals surface area (Å²) in [6.07, 6.45) is 1.40. The molecule has 5 heteroatoms. The first-order valence-electron chi connectivity index (χ1n) is 4.55. The molecule has 0 aliphatic carbocycles. The quantitative estimate of drug-likeness (QED) is 0.737. The van der Waals surface area contributed by atoms with Crippen LogP contribution in [0.2, 0.25) is 0 Å². The second kappa shape index (κ2) is 3.42. The fraction of sp³-hybridized carbons (Fsp3) is 0.556. The third kappa shape index (κ3) is 1.39. The Hall–Kier alpha value is -1.36. The minimum Gasteiger partial charge on any atom is -0.372 e. The SMILES string of the molecule is COC(C)C(=O)N1Cc2cn[nH]c2C1. The first kappa shape index (κ1) is 9.21. The van der Waals surface area contributed by atoms with Gasteiger partial charge in [-0.05, 0) is 6.92 Å². The fourth-order valence-corrected chi connectivity index (χ4v) is 1.58. The fourth-order valence-electron chi connectivity index (χ4n) is 1.58. The largest absolute Gasteiger partial charge is 0.372 e. The van der Waals surface area contributed by atoms with Crippen molar-refractivity contribution in [2.45, 2.75) is 26.1 Å². The van der Waals surface area contributed by atoms with Gasteiger partial charge in [-0.2, -0.15) is 5.10 Å². The molecule has 76 valence electrons. The monoisotopic (exact) mass is 195 g/mol. The summed E-state index contributed by atoms with van der Waals surface area (Å²) in [5, 5.41) is 6.78. The van der Waals surface area contributed by atoms with Crippen LogP contribution < -0.4 is 0 Å². The van der Waals surface area contributed by atoms with Crippen molar-refractivity contribution >= 4 is 5.91 Å². The molecule has 5 nitrogen and oxygen atoms in total. The average Bonchev–Trinajstić information content (AvgIpc) is 2.74. The lowest BCUT2D eigenvalue weighted by atomic mass is 10.3. The topological polar surface area (TPSA) is 58.2 Å². The van der Waals surface area contributed by atoms with E-state index in [1.54, 1.807) is 25.1 Å². The zero-order chi connectivity index (χ0) is 10.1. The van der Waals surface area contributed by atoms with Gasteiger partial charge in [0.05, 0.1) is 18.4 Å². The number of aromatic nitrogens is 2. The van der Waals surface area contributed by atoms with Crippen molar-refractivity contribution in [3.05, 3.63) is 17.5 Å². The number of methoxy groups -OCH3 is 1. The lowest BCUT2D eigenvalue weighted by molar-refractivity contribution is -0.141. The van der Waals surface area contributed by atoms with Crippen LogP contribution in [0, 0.1) is 0 Å². The van der Waals surface area contributed by atoms with Crippen molar-refractivity contribution in [1.82, 2.24) is 15.1 Å². The van der Waals surface area contributed by atoms with Crippen LogP contribution in [0.4, 0.5) is 0 Å². The number of fused-ring (bicyclic) bond motifs is 1. The van der Waals surface area contributed by atoms with Crippen LogP contribution in [0.5, 0.6) is 0 Å². The molecule has 14 heavy (non-hydrogen) atoms. The lowest BCUT2D eigenvalue weighted by Crippen LogP contribution is -2.35. The van der Waals surface area contributed by atoms with Gasteiger partial charge in [0.1, 0.15) is 6.10 Å². The number of rotatable bonds is 2. The number of hydrogen-bond acceptors (Lipinski definition) is 3. The predicted octanol–water partition coefficient (Wildman–Crippen LogP) is 0.287. The normalized spacial score (nSPS) is 16.9. The summed E-state index contributed by atoms with van der Waals surface area (Å²) in [6.45, 7) is 3.01. The number of hydrogen-bond donors (Lipinski definition) is 1. The zero-order valence-electron chi connectivity index (χ0n) is 8.28. The van der Waals surface area contributed by atoms with Crippen molar-refractivity contribution in [1.29, 1.82) is 0 Å². The molecule has 0 aromatic carbocycles. The highest BCUT2D eigenvalue weighted by atomic mass is 16.5. The maximum atomic E-state index is 11.7. The average molecular weight is 195 g/mol. The number of nitrogens with zero attached hydrogens (tertiary/aromatic N) is 2. The van der Waals surface area contributed by atoms with E-state index in [1.165, 1.54) is 0 Å². The maximum Gasteiger partial charge on any atom is 0.252 e. The van der Waals surface area contributed by atoms with Crippen LogP contribution in [0.15, 0.2) is 6.20 Å². The number of carbonyl (C=O) groups excluding carboxylic acids is 1. The minimum absolute atomic E-state index is 0.0251. The van der Waals surface area contributed by atoms with Gasteiger partial charge in [0.15, 0.2) is 0 Å². The maximum absolute atomic E-state index is 11.7. The Morgan fingerprint density at radius 1 is 1.71 bits per heavy atom. The Kier molecular flexibility index (Phi) is 2.25. The molecule has 2 heterocycles. The van der Waals surface area contributed by atoms with Crippen LogP contribution in [0.3, 0.4) is 0 Å². The Balaban J connectivity index is 2.04. The molecule has 0 fully saturated rings. The standard InChI is InChI=1S/C9H13N3O2/c1-6(14-2)9(13)12-4-7-3-10-11-8(7)5-12/h3,6H,4-5H2,1-2H3,(H,10,11). The number of aromatic amines is 1. The highest BCUT2D eigenvalue weighted by Crippen LogP contribution is 2.20. The van der Waals surface area contributed by atoms with Gasteiger partial charge in [0, 0.05) is 19.2 Å². The van der Waals surface area contributed by atoms with E-state index < -0.39 is 0 Å². The van der Waals surface area contributed by atoms with Gasteiger partial charge in [0.25, 0.3) is 5.91 Å². The Bertz CT molecular complexity index is 327. The molecule has 1 N–H and O–H groups in total. The molecule has 1 amide bonds. The molecule has 1 aliphatic rings. The van der Waals surface area contributed by atoms with Gasteiger partial charge < -0.3 is 9.64 Å². The van der Waals surface area contributed by atoms with E-state index in [0.717, 1.165) is 11.3 Å². The minimum atomic E-state index is -0.369. The second-order valence-electron chi connectivity index (χ2n) is 3.45. The molecular formula is C9H13N3O2. The molecule has 0 bridgehead atoms. The number of ether oxygens (including phenoxy) is 1. The second-order valence-corrected chi connectivity index (χ2v) is 3.45. The Morgan fingerprint density at radius 3 is 3.14 bits per heavy atom. The third-order valence-electron chi connectivity index (χ3n) is 2.53. The van der Waals surface area contributed by atoms with E-state index in [1.807, 2.05) is 0 Å². The molecule has 0 saturated heterocycles. The molecule has 1 aromatic rings. The van der Waals surface area contributed by atoms with Crippen LogP contribution >= 0.6 is 0 Å². The third-order valence-corrected chi connectivity index (χ3v) is 2.53. The van der Waals surface area contributed by atoms with E-state index in [-0.39, 0.29) is 12.0 Å². The van der Waals surface area contributed by atoms with Crippen molar-refractivity contribution in [2.24, 2.45) is 0 Å². The van der Waals surface area contributed by atoms with Crippen molar-refractivity contribution in [3.8, 4) is 0 Å². The number of H-pyrrole nitrogens is 1. The van der Waals surface area contributed by atoms with Crippen molar-refractivity contribution in [3.63, 3.8) is 0 Å². The summed E-state index contributed by atoms with van der Waals surface area (Å²) in [7, 11) is 1.54. The Morgan fingerprint density at radius 2 is 2.50 bits per heavy atom. The highest BCUT2D eigenvalue weighted by molar-refractivity contribution is 5.81. The van der Waals surface area contributed by atoms with E-state index in [4.69, 9.17) is 4.74 Å². The van der Waals surface area contributed by atoms with Crippen LogP contribution in [-0.2, 0) is 22.6 Å². The van der Waals surface area contributed by atoms with Crippen molar-refractivity contribution < 1.29 is 9.53 Å². The Labute approximate surface area is 82.0 Å². The van der Waals surface area contributed by atoms with Crippen LogP contribution in [0.1, 0.15) is 18.2 Å². The molecule has 0 radical (unpaired) electrons. The molecule has 1 aromatic heterocycles.